The van der Waals surface area contributed by atoms with E-state index in [1.54, 1.807) is 11.8 Å². The van der Waals surface area contributed by atoms with Crippen LogP contribution in [0.2, 0.25) is 0 Å². The Hall–Kier alpha value is -0.230. The molecule has 2 aliphatic heterocycles. The number of hydrogen-bond donors (Lipinski definition) is 7. The lowest BCUT2D eigenvalue weighted by Gasteiger charge is -2.43. The lowest BCUT2D eigenvalue weighted by molar-refractivity contribution is -0.332. The minimum Gasteiger partial charge on any atom is -0.388 e. The van der Waals surface area contributed by atoms with Crippen molar-refractivity contribution in [2.45, 2.75) is 86.9 Å². The predicted octanol–water partition coefficient (Wildman–Crippen LogP) is -1.76. The Kier molecular flexibility index (Phi) is 13.0. The number of nitrogens with two attached hydrogens (primary N) is 1. The highest BCUT2D eigenvalue weighted by Gasteiger charge is 2.52. The second kappa shape index (κ2) is 14.6. The summed E-state index contributed by atoms with van der Waals surface area (Å²) >= 11 is 2.79. The Morgan fingerprint density at radius 1 is 1.09 bits per heavy atom. The molecule has 2 rings (SSSR count). The molecule has 0 bridgehead atoms. The van der Waals surface area contributed by atoms with Crippen LogP contribution in [0.3, 0.4) is 0 Å². The summed E-state index contributed by atoms with van der Waals surface area (Å²) in [5.74, 6) is -0.391. The van der Waals surface area contributed by atoms with Gasteiger partial charge in [0.1, 0.15) is 47.9 Å². The maximum atomic E-state index is 10.3. The number of hydrogen-bond acceptors (Lipinski definition) is 13. The monoisotopic (exact) mass is 544 g/mol. The summed E-state index contributed by atoms with van der Waals surface area (Å²) in [4.78, 5) is 4.28. The van der Waals surface area contributed by atoms with E-state index in [-0.39, 0.29) is 5.75 Å². The molecule has 2 fully saturated rings. The van der Waals surface area contributed by atoms with Crippen LogP contribution in [0.25, 0.3) is 0 Å². The quantitative estimate of drug-likeness (QED) is 0.0596. The van der Waals surface area contributed by atoms with Gasteiger partial charge in [-0.2, -0.15) is 11.8 Å². The molecule has 7 unspecified atom stereocenters. The highest BCUT2D eigenvalue weighted by molar-refractivity contribution is 8.00. The smallest absolute Gasteiger partial charge is 0.219 e. The van der Waals surface area contributed by atoms with E-state index >= 15 is 0 Å². The normalized spacial score (nSPS) is 38.0. The molecular weight excluding hydrogens is 504 g/mol. The molecule has 206 valence electrons. The summed E-state index contributed by atoms with van der Waals surface area (Å²) in [5.41, 5.74) is 5.04. The van der Waals surface area contributed by atoms with Crippen molar-refractivity contribution in [3.05, 3.63) is 0 Å². The Morgan fingerprint density at radius 2 is 1.80 bits per heavy atom. The van der Waals surface area contributed by atoms with Crippen LogP contribution in [-0.4, -0.2) is 134 Å². The van der Waals surface area contributed by atoms with E-state index in [4.69, 9.17) is 24.7 Å². The molecular formula is C21H40N2O10S2. The first-order valence-corrected chi connectivity index (χ1v) is 13.8. The first-order chi connectivity index (χ1) is 16.5. The number of thioether (sulfide) groups is 2. The number of aliphatic hydroxyl groups excluding tert-OH is 4. The number of ether oxygens (including phenoxy) is 4. The third-order valence-corrected chi connectivity index (χ3v) is 8.17. The molecule has 0 aromatic heterocycles. The lowest BCUT2D eigenvalue weighted by atomic mass is 9.97. The predicted molar refractivity (Wildman–Crippen MR) is 132 cm³/mol. The number of methoxy groups -OCH3 is 1. The van der Waals surface area contributed by atoms with Crippen molar-refractivity contribution in [1.82, 2.24) is 0 Å². The van der Waals surface area contributed by atoms with Crippen LogP contribution in [0.5, 0.6) is 0 Å². The van der Waals surface area contributed by atoms with Gasteiger partial charge >= 0.3 is 0 Å². The van der Waals surface area contributed by atoms with Crippen molar-refractivity contribution in [3.8, 4) is 0 Å². The standard InChI is InChI=1S/C21H40N2O10S2/c1-4-12-14(24)15(25)17(19(30-3)33-12)31-7-5-8-34-9-6-23-13(22)10-35-20-16(26)18(27)21(28,29)11(2)32-20/h11-12,14-20,24-29H,4-10H2,1-3H3,(H2,22,23)/t11?,12?,14-,15?,16?,17?,18?,19?,20-/m1/s1. The number of amidine groups is 1. The van der Waals surface area contributed by atoms with E-state index in [2.05, 4.69) is 4.99 Å². The minimum atomic E-state index is -2.52. The number of aliphatic imine (C=N–C) groups is 1. The Bertz CT molecular complexity index is 660. The van der Waals surface area contributed by atoms with Crippen molar-refractivity contribution >= 4 is 29.4 Å². The summed E-state index contributed by atoms with van der Waals surface area (Å²) in [5, 5.41) is 59.9. The lowest BCUT2D eigenvalue weighted by Crippen LogP contribution is -2.64. The second-order valence-electron chi connectivity index (χ2n) is 8.52. The van der Waals surface area contributed by atoms with Gasteiger partial charge in [-0.05, 0) is 25.5 Å². The van der Waals surface area contributed by atoms with E-state index in [9.17, 15) is 30.6 Å². The molecule has 12 nitrogen and oxygen atoms in total. The van der Waals surface area contributed by atoms with Gasteiger partial charge in [0.05, 0.1) is 11.9 Å². The summed E-state index contributed by atoms with van der Waals surface area (Å²) in [6.07, 6.45) is -7.12. The van der Waals surface area contributed by atoms with Crippen molar-refractivity contribution in [2.24, 2.45) is 10.7 Å². The molecule has 0 saturated carbocycles. The molecule has 0 aromatic carbocycles. The van der Waals surface area contributed by atoms with Crippen LogP contribution >= 0.6 is 23.5 Å². The molecule has 0 spiro atoms. The van der Waals surface area contributed by atoms with Gasteiger partial charge in [0.15, 0.2) is 6.29 Å². The second-order valence-corrected chi connectivity index (χ2v) is 10.8. The fraction of sp³-hybridized carbons (Fsp3) is 0.952. The molecule has 9 atom stereocenters. The maximum absolute atomic E-state index is 10.3. The van der Waals surface area contributed by atoms with Gasteiger partial charge in [0.2, 0.25) is 5.79 Å². The average molecular weight is 545 g/mol. The fourth-order valence-electron chi connectivity index (χ4n) is 3.72. The summed E-state index contributed by atoms with van der Waals surface area (Å²) in [6, 6.07) is 0. The van der Waals surface area contributed by atoms with Gasteiger partial charge in [-0.15, -0.1) is 11.8 Å². The summed E-state index contributed by atoms with van der Waals surface area (Å²) in [7, 11) is 1.47. The van der Waals surface area contributed by atoms with Crippen LogP contribution in [0.15, 0.2) is 4.99 Å². The Labute approximate surface area is 214 Å². The zero-order valence-electron chi connectivity index (χ0n) is 20.3. The minimum absolute atomic E-state index is 0.251. The van der Waals surface area contributed by atoms with Crippen molar-refractivity contribution in [1.29, 1.82) is 0 Å². The van der Waals surface area contributed by atoms with Crippen LogP contribution in [0, 0.1) is 0 Å². The maximum Gasteiger partial charge on any atom is 0.219 e. The van der Waals surface area contributed by atoms with E-state index in [1.165, 1.54) is 14.0 Å². The topological polar surface area (TPSA) is 197 Å². The van der Waals surface area contributed by atoms with E-state index < -0.39 is 60.2 Å². The average Bonchev–Trinajstić information content (AvgIpc) is 2.83. The third kappa shape index (κ3) is 8.38. The molecule has 14 heteroatoms. The van der Waals surface area contributed by atoms with Crippen molar-refractivity contribution in [2.75, 3.05) is 37.5 Å². The first-order valence-electron chi connectivity index (χ1n) is 11.6. The van der Waals surface area contributed by atoms with Crippen molar-refractivity contribution < 1.29 is 49.6 Å². The Balaban J connectivity index is 1.60. The Morgan fingerprint density at radius 3 is 2.46 bits per heavy atom. The fourth-order valence-corrected chi connectivity index (χ4v) is 5.48. The van der Waals surface area contributed by atoms with E-state index in [0.29, 0.717) is 25.4 Å². The number of rotatable bonds is 13. The van der Waals surface area contributed by atoms with Crippen LogP contribution in [0.1, 0.15) is 26.7 Å². The zero-order chi connectivity index (χ0) is 26.2. The molecule has 0 aromatic rings. The SMILES string of the molecule is CCC1OC(OC)C(OCCCSCCN=C(N)CS[C@H]2OC(C)C(O)(O)C(O)C2O)C(O)[C@@H]1O. The van der Waals surface area contributed by atoms with Gasteiger partial charge in [-0.1, -0.05) is 6.92 Å². The van der Waals surface area contributed by atoms with Crippen molar-refractivity contribution in [3.63, 3.8) is 0 Å². The van der Waals surface area contributed by atoms with Gasteiger partial charge in [-0.25, -0.2) is 0 Å². The zero-order valence-corrected chi connectivity index (χ0v) is 21.9. The summed E-state index contributed by atoms with van der Waals surface area (Å²) < 4.78 is 22.0. The van der Waals surface area contributed by atoms with Gasteiger partial charge in [0.25, 0.3) is 0 Å². The molecule has 2 saturated heterocycles. The van der Waals surface area contributed by atoms with Crippen LogP contribution < -0.4 is 5.73 Å². The highest BCUT2D eigenvalue weighted by Crippen LogP contribution is 2.33. The summed E-state index contributed by atoms with van der Waals surface area (Å²) in [6.45, 7) is 4.13. The third-order valence-electron chi connectivity index (χ3n) is 5.94. The van der Waals surface area contributed by atoms with Gasteiger partial charge in [0, 0.05) is 26.0 Å². The first kappa shape index (κ1) is 31.0. The van der Waals surface area contributed by atoms with E-state index in [1.807, 2.05) is 6.92 Å². The van der Waals surface area contributed by atoms with Crippen LogP contribution in [-0.2, 0) is 18.9 Å². The number of nitrogens with zero attached hydrogens (tertiary/aromatic N) is 1. The van der Waals surface area contributed by atoms with Gasteiger partial charge < -0.3 is 55.3 Å². The molecule has 0 radical (unpaired) electrons. The molecule has 2 heterocycles. The molecule has 0 aliphatic carbocycles. The van der Waals surface area contributed by atoms with E-state index in [0.717, 1.165) is 29.7 Å². The molecule has 8 N–H and O–H groups in total. The highest BCUT2D eigenvalue weighted by atomic mass is 32.2. The largest absolute Gasteiger partial charge is 0.388 e. The number of aliphatic hydroxyl groups is 6. The molecule has 0 amide bonds. The van der Waals surface area contributed by atoms with Gasteiger partial charge in [-0.3, -0.25) is 4.99 Å². The van der Waals surface area contributed by atoms with Crippen LogP contribution in [0.4, 0.5) is 0 Å². The molecule has 2 aliphatic rings. The molecule has 35 heavy (non-hydrogen) atoms.